The molecule has 0 saturated carbocycles. The highest BCUT2D eigenvalue weighted by Crippen LogP contribution is 2.26. The van der Waals surface area contributed by atoms with Crippen LogP contribution in [0, 0.1) is 13.8 Å². The summed E-state index contributed by atoms with van der Waals surface area (Å²) in [5, 5.41) is 3.93. The van der Waals surface area contributed by atoms with Crippen LogP contribution in [0.15, 0.2) is 36.7 Å². The Kier molecular flexibility index (Phi) is 3.70. The number of aryl methyl sites for hydroxylation is 2. The van der Waals surface area contributed by atoms with Crippen molar-refractivity contribution in [2.24, 2.45) is 0 Å². The molecule has 3 aromatic rings. The Balaban J connectivity index is 2.25. The van der Waals surface area contributed by atoms with Crippen molar-refractivity contribution < 1.29 is 0 Å². The van der Waals surface area contributed by atoms with E-state index in [1.807, 2.05) is 25.5 Å². The van der Waals surface area contributed by atoms with Gasteiger partial charge in [0.05, 0.1) is 16.7 Å². The summed E-state index contributed by atoms with van der Waals surface area (Å²) in [5.74, 6) is 0. The third-order valence-corrected chi connectivity index (χ3v) is 4.07. The van der Waals surface area contributed by atoms with Crippen molar-refractivity contribution in [2.75, 3.05) is 7.05 Å². The second kappa shape index (κ2) is 5.51. The number of nitrogens with one attached hydrogen (secondary N) is 1. The normalized spacial score (nSPS) is 11.2. The lowest BCUT2D eigenvalue weighted by atomic mass is 10.1. The standard InChI is InChI=1S/C17H18ClN3/c1-11-6-15-17(7-12(11)2)21(10-20-15)16-8-14(18)5-4-13(16)9-19-3/h4-8,10,19H,9H2,1-3H3. The van der Waals surface area contributed by atoms with Gasteiger partial charge in [-0.25, -0.2) is 4.98 Å². The second-order valence-corrected chi connectivity index (χ2v) is 5.78. The highest BCUT2D eigenvalue weighted by Gasteiger charge is 2.10. The molecule has 0 unspecified atom stereocenters. The monoisotopic (exact) mass is 299 g/mol. The minimum absolute atomic E-state index is 0.732. The van der Waals surface area contributed by atoms with Gasteiger partial charge in [0, 0.05) is 11.6 Å². The molecule has 3 rings (SSSR count). The number of halogens is 1. The van der Waals surface area contributed by atoms with Crippen molar-refractivity contribution >= 4 is 22.6 Å². The highest BCUT2D eigenvalue weighted by molar-refractivity contribution is 6.30. The fourth-order valence-electron chi connectivity index (χ4n) is 2.56. The molecular formula is C17H18ClN3. The Labute approximate surface area is 129 Å². The molecule has 1 heterocycles. The van der Waals surface area contributed by atoms with Crippen molar-refractivity contribution in [1.29, 1.82) is 0 Å². The molecular weight excluding hydrogens is 282 g/mol. The van der Waals surface area contributed by atoms with Crippen LogP contribution in [-0.4, -0.2) is 16.6 Å². The fraction of sp³-hybridized carbons (Fsp3) is 0.235. The lowest BCUT2D eigenvalue weighted by molar-refractivity contribution is 0.809. The molecule has 0 bridgehead atoms. The maximum absolute atomic E-state index is 6.19. The SMILES string of the molecule is CNCc1ccc(Cl)cc1-n1cnc2cc(C)c(C)cc21. The molecule has 1 aromatic heterocycles. The maximum atomic E-state index is 6.19. The van der Waals surface area contributed by atoms with Crippen molar-refractivity contribution in [3.8, 4) is 5.69 Å². The van der Waals surface area contributed by atoms with Crippen LogP contribution in [-0.2, 0) is 6.54 Å². The summed E-state index contributed by atoms with van der Waals surface area (Å²) in [5.41, 5.74) is 6.91. The molecule has 0 fully saturated rings. The van der Waals surface area contributed by atoms with E-state index in [1.165, 1.54) is 16.7 Å². The van der Waals surface area contributed by atoms with E-state index in [2.05, 4.69) is 46.9 Å². The minimum Gasteiger partial charge on any atom is -0.316 e. The van der Waals surface area contributed by atoms with E-state index in [0.717, 1.165) is 28.3 Å². The number of aromatic nitrogens is 2. The molecule has 0 spiro atoms. The van der Waals surface area contributed by atoms with Gasteiger partial charge in [-0.05, 0) is 61.9 Å². The van der Waals surface area contributed by atoms with E-state index in [-0.39, 0.29) is 0 Å². The topological polar surface area (TPSA) is 29.9 Å². The third kappa shape index (κ3) is 2.55. The number of imidazole rings is 1. The first-order valence-electron chi connectivity index (χ1n) is 6.98. The van der Waals surface area contributed by atoms with E-state index >= 15 is 0 Å². The van der Waals surface area contributed by atoms with E-state index in [4.69, 9.17) is 11.6 Å². The van der Waals surface area contributed by atoms with Crippen LogP contribution in [0.25, 0.3) is 16.7 Å². The van der Waals surface area contributed by atoms with Gasteiger partial charge in [0.2, 0.25) is 0 Å². The number of nitrogens with zero attached hydrogens (tertiary/aromatic N) is 2. The first-order chi connectivity index (χ1) is 10.1. The van der Waals surface area contributed by atoms with Crippen LogP contribution in [0.5, 0.6) is 0 Å². The Morgan fingerprint density at radius 3 is 2.67 bits per heavy atom. The predicted molar refractivity (Wildman–Crippen MR) is 88.3 cm³/mol. The predicted octanol–water partition coefficient (Wildman–Crippen LogP) is 4.02. The molecule has 0 saturated heterocycles. The number of fused-ring (bicyclic) bond motifs is 1. The van der Waals surface area contributed by atoms with Gasteiger partial charge in [0.25, 0.3) is 0 Å². The van der Waals surface area contributed by atoms with Crippen LogP contribution < -0.4 is 5.32 Å². The zero-order chi connectivity index (χ0) is 15.0. The molecule has 4 heteroatoms. The van der Waals surface area contributed by atoms with Gasteiger partial charge in [-0.15, -0.1) is 0 Å². The highest BCUT2D eigenvalue weighted by atomic mass is 35.5. The molecule has 0 radical (unpaired) electrons. The number of benzene rings is 2. The van der Waals surface area contributed by atoms with Crippen molar-refractivity contribution in [3.05, 3.63) is 58.4 Å². The van der Waals surface area contributed by atoms with E-state index in [9.17, 15) is 0 Å². The van der Waals surface area contributed by atoms with Crippen LogP contribution in [0.2, 0.25) is 5.02 Å². The molecule has 3 nitrogen and oxygen atoms in total. The van der Waals surface area contributed by atoms with Gasteiger partial charge in [-0.2, -0.15) is 0 Å². The third-order valence-electron chi connectivity index (χ3n) is 3.84. The minimum atomic E-state index is 0.732. The van der Waals surface area contributed by atoms with Crippen LogP contribution >= 0.6 is 11.6 Å². The van der Waals surface area contributed by atoms with Gasteiger partial charge in [0.15, 0.2) is 0 Å². The summed E-state index contributed by atoms with van der Waals surface area (Å²) in [4.78, 5) is 4.53. The zero-order valence-corrected chi connectivity index (χ0v) is 13.2. The van der Waals surface area contributed by atoms with Gasteiger partial charge >= 0.3 is 0 Å². The molecule has 108 valence electrons. The quantitative estimate of drug-likeness (QED) is 0.792. The fourth-order valence-corrected chi connectivity index (χ4v) is 2.72. The van der Waals surface area contributed by atoms with Crippen LogP contribution in [0.3, 0.4) is 0 Å². The summed E-state index contributed by atoms with van der Waals surface area (Å²) >= 11 is 6.19. The van der Waals surface area contributed by atoms with E-state index in [1.54, 1.807) is 0 Å². The average molecular weight is 300 g/mol. The molecule has 0 amide bonds. The van der Waals surface area contributed by atoms with Crippen molar-refractivity contribution in [1.82, 2.24) is 14.9 Å². The van der Waals surface area contributed by atoms with E-state index in [0.29, 0.717) is 0 Å². The largest absolute Gasteiger partial charge is 0.316 e. The zero-order valence-electron chi connectivity index (χ0n) is 12.4. The van der Waals surface area contributed by atoms with E-state index < -0.39 is 0 Å². The summed E-state index contributed by atoms with van der Waals surface area (Å²) in [6, 6.07) is 10.3. The summed E-state index contributed by atoms with van der Waals surface area (Å²) < 4.78 is 2.11. The van der Waals surface area contributed by atoms with Gasteiger partial charge < -0.3 is 5.32 Å². The maximum Gasteiger partial charge on any atom is 0.100 e. The van der Waals surface area contributed by atoms with Crippen molar-refractivity contribution in [2.45, 2.75) is 20.4 Å². The first kappa shape index (κ1) is 14.1. The molecule has 0 atom stereocenters. The smallest absolute Gasteiger partial charge is 0.100 e. The number of rotatable bonds is 3. The summed E-state index contributed by atoms with van der Waals surface area (Å²) in [6.07, 6.45) is 1.87. The number of hydrogen-bond donors (Lipinski definition) is 1. The molecule has 0 aliphatic carbocycles. The second-order valence-electron chi connectivity index (χ2n) is 5.34. The Morgan fingerprint density at radius 2 is 1.90 bits per heavy atom. The van der Waals surface area contributed by atoms with Crippen molar-refractivity contribution in [3.63, 3.8) is 0 Å². The molecule has 0 aliphatic heterocycles. The van der Waals surface area contributed by atoms with Crippen LogP contribution in [0.4, 0.5) is 0 Å². The lowest BCUT2D eigenvalue weighted by Gasteiger charge is -2.12. The Bertz CT molecular complexity index is 805. The number of hydrogen-bond acceptors (Lipinski definition) is 2. The lowest BCUT2D eigenvalue weighted by Crippen LogP contribution is -2.08. The molecule has 21 heavy (non-hydrogen) atoms. The summed E-state index contributed by atoms with van der Waals surface area (Å²) in [6.45, 7) is 5.02. The Morgan fingerprint density at radius 1 is 1.14 bits per heavy atom. The van der Waals surface area contributed by atoms with Gasteiger partial charge in [-0.3, -0.25) is 4.57 Å². The average Bonchev–Trinajstić information content (AvgIpc) is 2.84. The van der Waals surface area contributed by atoms with Gasteiger partial charge in [-0.1, -0.05) is 17.7 Å². The Hall–Kier alpha value is -1.84. The van der Waals surface area contributed by atoms with Crippen LogP contribution in [0.1, 0.15) is 16.7 Å². The molecule has 1 N–H and O–H groups in total. The molecule has 0 aliphatic rings. The summed E-state index contributed by atoms with van der Waals surface area (Å²) in [7, 11) is 1.94. The first-order valence-corrected chi connectivity index (χ1v) is 7.35. The molecule has 2 aromatic carbocycles. The van der Waals surface area contributed by atoms with Gasteiger partial charge in [0.1, 0.15) is 6.33 Å².